The molecule has 27 heavy (non-hydrogen) atoms. The van der Waals surface area contributed by atoms with Crippen molar-refractivity contribution in [1.82, 2.24) is 0 Å². The van der Waals surface area contributed by atoms with Gasteiger partial charge in [-0.15, -0.1) is 0 Å². The maximum Gasteiger partial charge on any atom is 0.226 e. The highest BCUT2D eigenvalue weighted by molar-refractivity contribution is 5.95. The van der Waals surface area contributed by atoms with Crippen LogP contribution < -0.4 is 19.7 Å². The predicted octanol–water partition coefficient (Wildman–Crippen LogP) is 3.70. The number of nitrogens with zero attached hydrogens (tertiary/aromatic N) is 1. The van der Waals surface area contributed by atoms with Crippen LogP contribution in [0.5, 0.6) is 11.5 Å². The van der Waals surface area contributed by atoms with E-state index in [1.165, 1.54) is 14.0 Å². The summed E-state index contributed by atoms with van der Waals surface area (Å²) in [4.78, 5) is 26.0. The van der Waals surface area contributed by atoms with Gasteiger partial charge in [-0.25, -0.2) is 0 Å². The van der Waals surface area contributed by atoms with Crippen LogP contribution >= 0.6 is 0 Å². The number of carbonyl (C=O) groups is 2. The SMILES string of the molecule is COc1ccc(NC(=O)CCN(C(C)=O)c2cc(C)cc(C)c2)cc1OC. The second-order valence-corrected chi connectivity index (χ2v) is 6.38. The molecule has 0 aliphatic carbocycles. The first-order valence-electron chi connectivity index (χ1n) is 8.72. The second-order valence-electron chi connectivity index (χ2n) is 6.38. The average Bonchev–Trinajstić information content (AvgIpc) is 2.60. The summed E-state index contributed by atoms with van der Waals surface area (Å²) >= 11 is 0. The largest absolute Gasteiger partial charge is 0.493 e. The Hall–Kier alpha value is -3.02. The number of hydrogen-bond acceptors (Lipinski definition) is 4. The van der Waals surface area contributed by atoms with Crippen molar-refractivity contribution < 1.29 is 19.1 Å². The van der Waals surface area contributed by atoms with E-state index in [1.54, 1.807) is 30.2 Å². The molecule has 2 rings (SSSR count). The molecule has 144 valence electrons. The highest BCUT2D eigenvalue weighted by atomic mass is 16.5. The molecule has 0 spiro atoms. The monoisotopic (exact) mass is 370 g/mol. The minimum Gasteiger partial charge on any atom is -0.493 e. The molecule has 0 fully saturated rings. The summed E-state index contributed by atoms with van der Waals surface area (Å²) in [6.45, 7) is 5.78. The summed E-state index contributed by atoms with van der Waals surface area (Å²) in [6, 6.07) is 11.1. The van der Waals surface area contributed by atoms with Crippen molar-refractivity contribution >= 4 is 23.2 Å². The lowest BCUT2D eigenvalue weighted by molar-refractivity contribution is -0.117. The van der Waals surface area contributed by atoms with E-state index in [0.717, 1.165) is 16.8 Å². The van der Waals surface area contributed by atoms with Crippen LogP contribution in [-0.4, -0.2) is 32.6 Å². The van der Waals surface area contributed by atoms with E-state index in [-0.39, 0.29) is 18.2 Å². The Morgan fingerprint density at radius 3 is 2.15 bits per heavy atom. The number of ether oxygens (including phenoxy) is 2. The van der Waals surface area contributed by atoms with Crippen LogP contribution in [0.25, 0.3) is 0 Å². The normalized spacial score (nSPS) is 10.3. The molecule has 0 saturated carbocycles. The third-order valence-electron chi connectivity index (χ3n) is 4.13. The number of methoxy groups -OCH3 is 2. The van der Waals surface area contributed by atoms with Crippen molar-refractivity contribution in [3.63, 3.8) is 0 Å². The second kappa shape index (κ2) is 9.07. The first kappa shape index (κ1) is 20.3. The third kappa shape index (κ3) is 5.48. The molecule has 0 saturated heterocycles. The Labute approximate surface area is 160 Å². The van der Waals surface area contributed by atoms with Gasteiger partial charge in [0, 0.05) is 37.3 Å². The highest BCUT2D eigenvalue weighted by Gasteiger charge is 2.15. The van der Waals surface area contributed by atoms with E-state index in [4.69, 9.17) is 9.47 Å². The van der Waals surface area contributed by atoms with E-state index in [9.17, 15) is 9.59 Å². The number of rotatable bonds is 7. The maximum absolute atomic E-state index is 12.3. The molecule has 0 unspecified atom stereocenters. The molecule has 0 bridgehead atoms. The van der Waals surface area contributed by atoms with Crippen molar-refractivity contribution in [2.45, 2.75) is 27.2 Å². The van der Waals surface area contributed by atoms with Gasteiger partial charge in [-0.3, -0.25) is 9.59 Å². The highest BCUT2D eigenvalue weighted by Crippen LogP contribution is 2.29. The minimum absolute atomic E-state index is 0.0982. The van der Waals surface area contributed by atoms with E-state index >= 15 is 0 Å². The number of aryl methyl sites for hydroxylation is 2. The number of hydrogen-bond donors (Lipinski definition) is 1. The first-order chi connectivity index (χ1) is 12.8. The molecule has 0 atom stereocenters. The molecule has 0 aromatic heterocycles. The lowest BCUT2D eigenvalue weighted by atomic mass is 10.1. The van der Waals surface area contributed by atoms with E-state index in [2.05, 4.69) is 5.32 Å². The van der Waals surface area contributed by atoms with Crippen LogP contribution in [0, 0.1) is 13.8 Å². The molecule has 2 aromatic rings. The fourth-order valence-corrected chi connectivity index (χ4v) is 2.93. The number of carbonyl (C=O) groups excluding carboxylic acids is 2. The number of nitrogens with one attached hydrogen (secondary N) is 1. The summed E-state index contributed by atoms with van der Waals surface area (Å²) in [5.74, 6) is 0.848. The standard InChI is InChI=1S/C21H26N2O4/c1-14-10-15(2)12-18(11-14)23(16(3)24)9-8-21(25)22-17-6-7-19(26-4)20(13-17)27-5/h6-7,10-13H,8-9H2,1-5H3,(H,22,25). The molecule has 0 aliphatic rings. The molecule has 6 nitrogen and oxygen atoms in total. The van der Waals surface area contributed by atoms with Crippen LogP contribution in [0.3, 0.4) is 0 Å². The Bertz CT molecular complexity index is 813. The molecule has 2 aromatic carbocycles. The van der Waals surface area contributed by atoms with Gasteiger partial charge < -0.3 is 19.7 Å². The van der Waals surface area contributed by atoms with Crippen molar-refractivity contribution in [2.24, 2.45) is 0 Å². The Kier molecular flexibility index (Phi) is 6.82. The third-order valence-corrected chi connectivity index (χ3v) is 4.13. The van der Waals surface area contributed by atoms with Crippen LogP contribution in [0.2, 0.25) is 0 Å². The van der Waals surface area contributed by atoms with Crippen LogP contribution in [-0.2, 0) is 9.59 Å². The van der Waals surface area contributed by atoms with Gasteiger partial charge in [-0.1, -0.05) is 6.07 Å². The van der Waals surface area contributed by atoms with E-state index in [1.807, 2.05) is 32.0 Å². The molecule has 6 heteroatoms. The van der Waals surface area contributed by atoms with Gasteiger partial charge in [0.05, 0.1) is 14.2 Å². The number of amides is 2. The predicted molar refractivity (Wildman–Crippen MR) is 107 cm³/mol. The summed E-state index contributed by atoms with van der Waals surface area (Å²) in [5, 5.41) is 2.82. The van der Waals surface area contributed by atoms with Crippen molar-refractivity contribution in [3.05, 3.63) is 47.5 Å². The fourth-order valence-electron chi connectivity index (χ4n) is 2.93. The zero-order valence-electron chi connectivity index (χ0n) is 16.5. The van der Waals surface area contributed by atoms with Gasteiger partial charge in [0.1, 0.15) is 0 Å². The lowest BCUT2D eigenvalue weighted by Crippen LogP contribution is -2.32. The van der Waals surface area contributed by atoms with Crippen molar-refractivity contribution in [3.8, 4) is 11.5 Å². The van der Waals surface area contributed by atoms with Gasteiger partial charge in [-0.05, 0) is 49.2 Å². The zero-order chi connectivity index (χ0) is 20.0. The average molecular weight is 370 g/mol. The van der Waals surface area contributed by atoms with Crippen LogP contribution in [0.15, 0.2) is 36.4 Å². The maximum atomic E-state index is 12.3. The Morgan fingerprint density at radius 2 is 1.59 bits per heavy atom. The molecular weight excluding hydrogens is 344 g/mol. The Morgan fingerprint density at radius 1 is 0.963 bits per heavy atom. The first-order valence-corrected chi connectivity index (χ1v) is 8.72. The molecule has 0 radical (unpaired) electrons. The van der Waals surface area contributed by atoms with E-state index < -0.39 is 0 Å². The van der Waals surface area contributed by atoms with Gasteiger partial charge in [0.25, 0.3) is 0 Å². The van der Waals surface area contributed by atoms with Crippen LogP contribution in [0.4, 0.5) is 11.4 Å². The number of anilines is 2. The quantitative estimate of drug-likeness (QED) is 0.807. The lowest BCUT2D eigenvalue weighted by Gasteiger charge is -2.22. The van der Waals surface area contributed by atoms with Gasteiger partial charge >= 0.3 is 0 Å². The topological polar surface area (TPSA) is 67.9 Å². The summed E-state index contributed by atoms with van der Waals surface area (Å²) in [7, 11) is 3.09. The smallest absolute Gasteiger partial charge is 0.226 e. The van der Waals surface area contributed by atoms with E-state index in [0.29, 0.717) is 23.7 Å². The van der Waals surface area contributed by atoms with Crippen LogP contribution in [0.1, 0.15) is 24.5 Å². The summed E-state index contributed by atoms with van der Waals surface area (Å²) in [5.41, 5.74) is 3.56. The Balaban J connectivity index is 2.05. The number of benzene rings is 2. The summed E-state index contributed by atoms with van der Waals surface area (Å²) < 4.78 is 10.4. The fraction of sp³-hybridized carbons (Fsp3) is 0.333. The molecule has 1 N–H and O–H groups in total. The van der Waals surface area contributed by atoms with Crippen molar-refractivity contribution in [1.29, 1.82) is 0 Å². The summed E-state index contributed by atoms with van der Waals surface area (Å²) in [6.07, 6.45) is 0.181. The molecule has 0 heterocycles. The zero-order valence-corrected chi connectivity index (χ0v) is 16.5. The molecule has 0 aliphatic heterocycles. The van der Waals surface area contributed by atoms with Gasteiger partial charge in [-0.2, -0.15) is 0 Å². The minimum atomic E-state index is -0.183. The van der Waals surface area contributed by atoms with Gasteiger partial charge in [0.15, 0.2) is 11.5 Å². The molecule has 2 amide bonds. The van der Waals surface area contributed by atoms with Crippen molar-refractivity contribution in [2.75, 3.05) is 31.0 Å². The molecular formula is C21H26N2O4. The van der Waals surface area contributed by atoms with Gasteiger partial charge in [0.2, 0.25) is 11.8 Å².